The molecule has 2 unspecified atom stereocenters. The Morgan fingerprint density at radius 3 is 2.67 bits per heavy atom. The maximum absolute atomic E-state index is 12.4. The predicted molar refractivity (Wildman–Crippen MR) is 74.0 cm³/mol. The first-order chi connectivity index (χ1) is 8.69. The molecule has 2 fully saturated rings. The molecule has 0 spiro atoms. The Labute approximate surface area is 116 Å². The first kappa shape index (κ1) is 12.2. The molecule has 0 bridgehead atoms. The number of ether oxygens (including phenoxy) is 1. The van der Waals surface area contributed by atoms with Crippen LogP contribution < -0.4 is 4.74 Å². The lowest BCUT2D eigenvalue weighted by Gasteiger charge is -2.12. The summed E-state index contributed by atoms with van der Waals surface area (Å²) in [5, 5.41) is 0. The van der Waals surface area contributed by atoms with Gasteiger partial charge in [-0.05, 0) is 72.2 Å². The second kappa shape index (κ2) is 4.69. The fourth-order valence-corrected chi connectivity index (χ4v) is 3.65. The summed E-state index contributed by atoms with van der Waals surface area (Å²) >= 11 is 3.49. The van der Waals surface area contributed by atoms with E-state index in [-0.39, 0.29) is 5.92 Å². The van der Waals surface area contributed by atoms with Gasteiger partial charge in [0.2, 0.25) is 0 Å². The number of fused-ring (bicyclic) bond motifs is 1. The molecule has 0 aliphatic heterocycles. The largest absolute Gasteiger partial charge is 0.494 e. The third-order valence-corrected chi connectivity index (χ3v) is 4.79. The van der Waals surface area contributed by atoms with Crippen molar-refractivity contribution in [2.24, 2.45) is 17.8 Å². The lowest BCUT2D eigenvalue weighted by molar-refractivity contribution is 0.0913. The SMILES string of the molecule is CCOc1ccc(C(=O)C2CC3CC3C2)c(Br)c1. The maximum atomic E-state index is 12.4. The van der Waals surface area contributed by atoms with Crippen molar-refractivity contribution in [2.45, 2.75) is 26.2 Å². The number of benzene rings is 1. The van der Waals surface area contributed by atoms with Gasteiger partial charge in [-0.15, -0.1) is 0 Å². The Morgan fingerprint density at radius 2 is 2.06 bits per heavy atom. The van der Waals surface area contributed by atoms with E-state index in [0.29, 0.717) is 12.4 Å². The number of carbonyl (C=O) groups is 1. The lowest BCUT2D eigenvalue weighted by atomic mass is 9.93. The van der Waals surface area contributed by atoms with Crippen molar-refractivity contribution in [3.8, 4) is 5.75 Å². The van der Waals surface area contributed by atoms with Crippen molar-refractivity contribution >= 4 is 21.7 Å². The number of carbonyl (C=O) groups excluding carboxylic acids is 1. The van der Waals surface area contributed by atoms with Gasteiger partial charge in [0.05, 0.1) is 6.61 Å². The molecule has 0 amide bonds. The Kier molecular flexibility index (Phi) is 3.18. The summed E-state index contributed by atoms with van der Waals surface area (Å²) in [5.41, 5.74) is 0.810. The van der Waals surface area contributed by atoms with Gasteiger partial charge in [-0.3, -0.25) is 4.79 Å². The summed E-state index contributed by atoms with van der Waals surface area (Å²) in [6, 6.07) is 5.67. The standard InChI is InChI=1S/C15H17BrO2/c1-2-18-12-3-4-13(14(16)8-12)15(17)11-6-9-5-10(9)7-11/h3-4,8-11H,2,5-7H2,1H3. The summed E-state index contributed by atoms with van der Waals surface area (Å²) in [6.45, 7) is 2.60. The molecular formula is C15H17BrO2. The Hall–Kier alpha value is -0.830. The molecule has 96 valence electrons. The Balaban J connectivity index is 1.76. The number of rotatable bonds is 4. The van der Waals surface area contributed by atoms with Crippen LogP contribution in [0.4, 0.5) is 0 Å². The van der Waals surface area contributed by atoms with Gasteiger partial charge in [0.1, 0.15) is 5.75 Å². The highest BCUT2D eigenvalue weighted by atomic mass is 79.9. The van der Waals surface area contributed by atoms with Gasteiger partial charge in [-0.2, -0.15) is 0 Å². The second-order valence-corrected chi connectivity index (χ2v) is 6.22. The van der Waals surface area contributed by atoms with Crippen LogP contribution in [-0.2, 0) is 0 Å². The van der Waals surface area contributed by atoms with E-state index in [1.165, 1.54) is 6.42 Å². The highest BCUT2D eigenvalue weighted by Crippen LogP contribution is 2.55. The van der Waals surface area contributed by atoms with Crippen LogP contribution in [0.1, 0.15) is 36.5 Å². The highest BCUT2D eigenvalue weighted by molar-refractivity contribution is 9.10. The van der Waals surface area contributed by atoms with Crippen LogP contribution in [0.5, 0.6) is 5.75 Å². The lowest BCUT2D eigenvalue weighted by Crippen LogP contribution is -2.13. The first-order valence-corrected chi connectivity index (χ1v) is 7.45. The summed E-state index contributed by atoms with van der Waals surface area (Å²) in [5.74, 6) is 3.07. The topological polar surface area (TPSA) is 26.3 Å². The van der Waals surface area contributed by atoms with Crippen molar-refractivity contribution < 1.29 is 9.53 Å². The monoisotopic (exact) mass is 308 g/mol. The molecule has 3 heteroatoms. The fraction of sp³-hybridized carbons (Fsp3) is 0.533. The minimum Gasteiger partial charge on any atom is -0.494 e. The third-order valence-electron chi connectivity index (χ3n) is 4.13. The zero-order chi connectivity index (χ0) is 12.7. The van der Waals surface area contributed by atoms with Crippen LogP contribution in [0.2, 0.25) is 0 Å². The molecule has 3 rings (SSSR count). The normalized spacial score (nSPS) is 28.9. The molecule has 2 saturated carbocycles. The molecule has 0 aromatic heterocycles. The first-order valence-electron chi connectivity index (χ1n) is 6.65. The average molecular weight is 309 g/mol. The van der Waals surface area contributed by atoms with Crippen molar-refractivity contribution in [3.05, 3.63) is 28.2 Å². The van der Waals surface area contributed by atoms with Gasteiger partial charge in [-0.25, -0.2) is 0 Å². The zero-order valence-corrected chi connectivity index (χ0v) is 12.1. The van der Waals surface area contributed by atoms with Gasteiger partial charge in [0.15, 0.2) is 5.78 Å². The number of ketones is 1. The van der Waals surface area contributed by atoms with E-state index < -0.39 is 0 Å². The quantitative estimate of drug-likeness (QED) is 0.784. The number of hydrogen-bond donors (Lipinski definition) is 0. The van der Waals surface area contributed by atoms with Crippen LogP contribution in [0.15, 0.2) is 22.7 Å². The van der Waals surface area contributed by atoms with E-state index in [4.69, 9.17) is 4.74 Å². The van der Waals surface area contributed by atoms with Gasteiger partial charge < -0.3 is 4.74 Å². The van der Waals surface area contributed by atoms with Crippen molar-refractivity contribution in [1.29, 1.82) is 0 Å². The smallest absolute Gasteiger partial charge is 0.167 e. The van der Waals surface area contributed by atoms with Gasteiger partial charge >= 0.3 is 0 Å². The van der Waals surface area contributed by atoms with E-state index >= 15 is 0 Å². The molecule has 18 heavy (non-hydrogen) atoms. The van der Waals surface area contributed by atoms with Crippen molar-refractivity contribution in [2.75, 3.05) is 6.61 Å². The zero-order valence-electron chi connectivity index (χ0n) is 10.5. The van der Waals surface area contributed by atoms with E-state index in [9.17, 15) is 4.79 Å². The van der Waals surface area contributed by atoms with Crippen molar-refractivity contribution in [3.63, 3.8) is 0 Å². The molecule has 2 aliphatic carbocycles. The molecule has 0 N–H and O–H groups in total. The van der Waals surface area contributed by atoms with Crippen LogP contribution in [0, 0.1) is 17.8 Å². The fourth-order valence-electron chi connectivity index (χ4n) is 3.10. The Morgan fingerprint density at radius 1 is 1.33 bits per heavy atom. The molecule has 2 atom stereocenters. The van der Waals surface area contributed by atoms with Crippen LogP contribution >= 0.6 is 15.9 Å². The molecule has 0 radical (unpaired) electrons. The number of hydrogen-bond acceptors (Lipinski definition) is 2. The van der Waals surface area contributed by atoms with E-state index in [0.717, 1.165) is 40.5 Å². The maximum Gasteiger partial charge on any atom is 0.167 e. The minimum atomic E-state index is 0.253. The summed E-state index contributed by atoms with van der Waals surface area (Å²) < 4.78 is 6.29. The van der Waals surface area contributed by atoms with E-state index in [1.54, 1.807) is 0 Å². The van der Waals surface area contributed by atoms with E-state index in [1.807, 2.05) is 25.1 Å². The molecular weight excluding hydrogens is 292 g/mol. The van der Waals surface area contributed by atoms with Gasteiger partial charge in [0.25, 0.3) is 0 Å². The van der Waals surface area contributed by atoms with Crippen molar-refractivity contribution in [1.82, 2.24) is 0 Å². The molecule has 0 heterocycles. The predicted octanol–water partition coefficient (Wildman–Crippen LogP) is 4.08. The third kappa shape index (κ3) is 2.20. The second-order valence-electron chi connectivity index (χ2n) is 5.36. The molecule has 2 aliphatic rings. The van der Waals surface area contributed by atoms with Crippen LogP contribution in [-0.4, -0.2) is 12.4 Å². The number of halogens is 1. The minimum absolute atomic E-state index is 0.253. The van der Waals surface area contributed by atoms with E-state index in [2.05, 4.69) is 15.9 Å². The highest BCUT2D eigenvalue weighted by Gasteiger charge is 2.48. The molecule has 1 aromatic carbocycles. The summed E-state index contributed by atoms with van der Waals surface area (Å²) in [7, 11) is 0. The summed E-state index contributed by atoms with van der Waals surface area (Å²) in [6.07, 6.45) is 3.56. The molecule has 2 nitrogen and oxygen atoms in total. The molecule has 0 saturated heterocycles. The number of Topliss-reactive ketones (excluding diaryl/α,β-unsaturated/α-hetero) is 1. The average Bonchev–Trinajstić information content (AvgIpc) is 2.96. The summed E-state index contributed by atoms with van der Waals surface area (Å²) in [4.78, 5) is 12.4. The van der Waals surface area contributed by atoms with Crippen LogP contribution in [0.25, 0.3) is 0 Å². The van der Waals surface area contributed by atoms with Crippen LogP contribution in [0.3, 0.4) is 0 Å². The van der Waals surface area contributed by atoms with Gasteiger partial charge in [-0.1, -0.05) is 0 Å². The molecule has 1 aromatic rings. The van der Waals surface area contributed by atoms with Gasteiger partial charge in [0, 0.05) is 16.0 Å². The Bertz CT molecular complexity index is 473.